The average molecular weight is 293 g/mol. The third kappa shape index (κ3) is 5.26. The number of pyridine rings is 1. The summed E-state index contributed by atoms with van der Waals surface area (Å²) >= 11 is 0. The number of likely N-dealkylation sites (tertiary alicyclic amines) is 1. The van der Waals surface area contributed by atoms with Gasteiger partial charge in [-0.05, 0) is 31.5 Å². The molecule has 1 atom stereocenters. The van der Waals surface area contributed by atoms with E-state index in [1.54, 1.807) is 14.2 Å². The van der Waals surface area contributed by atoms with Crippen LogP contribution in [0.25, 0.3) is 0 Å². The lowest BCUT2D eigenvalue weighted by molar-refractivity contribution is 0.157. The Morgan fingerprint density at radius 3 is 2.90 bits per heavy atom. The molecule has 0 radical (unpaired) electrons. The molecule has 0 unspecified atom stereocenters. The van der Waals surface area contributed by atoms with E-state index >= 15 is 0 Å². The van der Waals surface area contributed by atoms with Crippen molar-refractivity contribution in [2.75, 3.05) is 54.1 Å². The van der Waals surface area contributed by atoms with E-state index in [-0.39, 0.29) is 0 Å². The zero-order valence-electron chi connectivity index (χ0n) is 13.4. The van der Waals surface area contributed by atoms with Crippen molar-refractivity contribution >= 4 is 0 Å². The average Bonchev–Trinajstić information content (AvgIpc) is 2.93. The first-order chi connectivity index (χ1) is 10.2. The van der Waals surface area contributed by atoms with Crippen LogP contribution in [0.5, 0.6) is 5.88 Å². The summed E-state index contributed by atoms with van der Waals surface area (Å²) < 4.78 is 10.2. The van der Waals surface area contributed by atoms with Crippen LogP contribution in [0.3, 0.4) is 0 Å². The molecule has 0 spiro atoms. The predicted octanol–water partition coefficient (Wildman–Crippen LogP) is 1.49. The van der Waals surface area contributed by atoms with Crippen molar-refractivity contribution in [1.82, 2.24) is 14.8 Å². The zero-order valence-corrected chi connectivity index (χ0v) is 13.4. The largest absolute Gasteiger partial charge is 0.481 e. The van der Waals surface area contributed by atoms with E-state index in [0.29, 0.717) is 5.88 Å². The highest BCUT2D eigenvalue weighted by Crippen LogP contribution is 2.17. The van der Waals surface area contributed by atoms with Crippen LogP contribution in [-0.2, 0) is 11.3 Å². The highest BCUT2D eigenvalue weighted by molar-refractivity contribution is 5.17. The van der Waals surface area contributed by atoms with Gasteiger partial charge in [0.1, 0.15) is 0 Å². The van der Waals surface area contributed by atoms with Crippen molar-refractivity contribution < 1.29 is 9.47 Å². The van der Waals surface area contributed by atoms with Crippen molar-refractivity contribution in [2.24, 2.45) is 5.92 Å². The third-order valence-electron chi connectivity index (χ3n) is 4.01. The maximum atomic E-state index is 5.15. The first-order valence-corrected chi connectivity index (χ1v) is 7.60. The van der Waals surface area contributed by atoms with Gasteiger partial charge in [-0.15, -0.1) is 0 Å². The van der Waals surface area contributed by atoms with Crippen LogP contribution in [-0.4, -0.2) is 68.8 Å². The fraction of sp³-hybridized carbons (Fsp3) is 0.688. The van der Waals surface area contributed by atoms with Crippen LogP contribution in [0.1, 0.15) is 12.0 Å². The van der Waals surface area contributed by atoms with Gasteiger partial charge >= 0.3 is 0 Å². The fourth-order valence-electron chi connectivity index (χ4n) is 2.93. The first-order valence-electron chi connectivity index (χ1n) is 7.60. The zero-order chi connectivity index (χ0) is 15.1. The van der Waals surface area contributed by atoms with Gasteiger partial charge in [0.25, 0.3) is 0 Å². The molecule has 1 aromatic heterocycles. The molecule has 5 heteroatoms. The number of hydrogen-bond donors (Lipinski definition) is 0. The summed E-state index contributed by atoms with van der Waals surface area (Å²) in [5, 5.41) is 0. The smallest absolute Gasteiger partial charge is 0.212 e. The lowest BCUT2D eigenvalue weighted by atomic mass is 10.1. The van der Waals surface area contributed by atoms with Gasteiger partial charge in [0.2, 0.25) is 5.88 Å². The molecule has 21 heavy (non-hydrogen) atoms. The Hall–Kier alpha value is -1.17. The van der Waals surface area contributed by atoms with Crippen LogP contribution in [0.15, 0.2) is 18.3 Å². The summed E-state index contributed by atoms with van der Waals surface area (Å²) in [6, 6.07) is 4.01. The van der Waals surface area contributed by atoms with Crippen LogP contribution in [0.4, 0.5) is 0 Å². The summed E-state index contributed by atoms with van der Waals surface area (Å²) in [4.78, 5) is 9.14. The Kier molecular flexibility index (Phi) is 6.42. The Balaban J connectivity index is 1.73. The van der Waals surface area contributed by atoms with E-state index in [1.807, 2.05) is 12.3 Å². The van der Waals surface area contributed by atoms with Crippen molar-refractivity contribution in [2.45, 2.75) is 13.0 Å². The molecule has 5 nitrogen and oxygen atoms in total. The van der Waals surface area contributed by atoms with Crippen LogP contribution < -0.4 is 4.74 Å². The monoisotopic (exact) mass is 293 g/mol. The molecule has 1 aliphatic heterocycles. The van der Waals surface area contributed by atoms with Crippen molar-refractivity contribution in [3.63, 3.8) is 0 Å². The van der Waals surface area contributed by atoms with Crippen LogP contribution >= 0.6 is 0 Å². The van der Waals surface area contributed by atoms with E-state index in [2.05, 4.69) is 27.9 Å². The Morgan fingerprint density at radius 1 is 1.38 bits per heavy atom. The molecule has 2 rings (SSSR count). The minimum atomic E-state index is 0.672. The fourth-order valence-corrected chi connectivity index (χ4v) is 2.93. The molecule has 0 bridgehead atoms. The normalized spacial score (nSPS) is 19.3. The second kappa shape index (κ2) is 8.32. The van der Waals surface area contributed by atoms with Gasteiger partial charge in [0.05, 0.1) is 13.7 Å². The molecule has 2 heterocycles. The molecular formula is C16H27N3O2. The number of rotatable bonds is 8. The number of aromatic nitrogens is 1. The number of hydrogen-bond acceptors (Lipinski definition) is 5. The van der Waals surface area contributed by atoms with E-state index in [4.69, 9.17) is 9.47 Å². The highest BCUT2D eigenvalue weighted by atomic mass is 16.5. The van der Waals surface area contributed by atoms with Gasteiger partial charge in [-0.1, -0.05) is 6.07 Å². The van der Waals surface area contributed by atoms with Crippen molar-refractivity contribution in [1.29, 1.82) is 0 Å². The minimum Gasteiger partial charge on any atom is -0.481 e. The third-order valence-corrected chi connectivity index (χ3v) is 4.01. The molecular weight excluding hydrogens is 266 g/mol. The summed E-state index contributed by atoms with van der Waals surface area (Å²) in [5.41, 5.74) is 1.23. The molecule has 1 aromatic rings. The predicted molar refractivity (Wildman–Crippen MR) is 83.5 cm³/mol. The van der Waals surface area contributed by atoms with Crippen molar-refractivity contribution in [3.05, 3.63) is 23.9 Å². The first kappa shape index (κ1) is 16.2. The molecule has 0 aliphatic carbocycles. The Bertz CT molecular complexity index is 410. The minimum absolute atomic E-state index is 0.672. The molecule has 0 amide bonds. The molecule has 1 saturated heterocycles. The molecule has 0 saturated carbocycles. The highest BCUT2D eigenvalue weighted by Gasteiger charge is 2.23. The number of ether oxygens (including phenoxy) is 2. The molecule has 1 fully saturated rings. The van der Waals surface area contributed by atoms with Crippen LogP contribution in [0.2, 0.25) is 0 Å². The van der Waals surface area contributed by atoms with Gasteiger partial charge in [0, 0.05) is 45.6 Å². The van der Waals surface area contributed by atoms with Gasteiger partial charge in [-0.2, -0.15) is 0 Å². The second-order valence-corrected chi connectivity index (χ2v) is 5.85. The van der Waals surface area contributed by atoms with E-state index < -0.39 is 0 Å². The van der Waals surface area contributed by atoms with E-state index in [1.165, 1.54) is 25.1 Å². The Morgan fingerprint density at radius 2 is 2.24 bits per heavy atom. The summed E-state index contributed by atoms with van der Waals surface area (Å²) in [5.74, 6) is 1.43. The molecule has 0 N–H and O–H groups in total. The maximum Gasteiger partial charge on any atom is 0.212 e. The SMILES string of the molecule is COCCN1CC[C@H](CN(C)Cc2ccc(OC)nc2)C1. The molecule has 0 aromatic carbocycles. The van der Waals surface area contributed by atoms with Gasteiger partial charge < -0.3 is 19.3 Å². The number of methoxy groups -OCH3 is 2. The quantitative estimate of drug-likeness (QED) is 0.726. The van der Waals surface area contributed by atoms with Gasteiger partial charge in [-0.3, -0.25) is 0 Å². The second-order valence-electron chi connectivity index (χ2n) is 5.85. The topological polar surface area (TPSA) is 37.8 Å². The van der Waals surface area contributed by atoms with Crippen LogP contribution in [0, 0.1) is 5.92 Å². The van der Waals surface area contributed by atoms with Crippen molar-refractivity contribution in [3.8, 4) is 5.88 Å². The van der Waals surface area contributed by atoms with E-state index in [0.717, 1.165) is 32.2 Å². The summed E-state index contributed by atoms with van der Waals surface area (Å²) in [6.07, 6.45) is 3.18. The van der Waals surface area contributed by atoms with E-state index in [9.17, 15) is 0 Å². The van der Waals surface area contributed by atoms with Gasteiger partial charge in [0.15, 0.2) is 0 Å². The summed E-state index contributed by atoms with van der Waals surface area (Å²) in [7, 11) is 5.59. The number of nitrogens with zero attached hydrogens (tertiary/aromatic N) is 3. The summed E-state index contributed by atoms with van der Waals surface area (Å²) in [6.45, 7) is 6.35. The lowest BCUT2D eigenvalue weighted by Gasteiger charge is -2.21. The Labute approximate surface area is 127 Å². The standard InChI is InChI=1S/C16H27N3O2/c1-18(11-14-4-5-16(21-3)17-10-14)12-15-6-7-19(13-15)8-9-20-2/h4-5,10,15H,6-9,11-13H2,1-3H3/t15-/m1/s1. The molecule has 118 valence electrons. The maximum absolute atomic E-state index is 5.15. The van der Waals surface area contributed by atoms with Gasteiger partial charge in [-0.25, -0.2) is 4.98 Å². The molecule has 1 aliphatic rings. The lowest BCUT2D eigenvalue weighted by Crippen LogP contribution is -2.29.